The molecule has 0 fully saturated rings. The standard InChI is InChI=1S/C16H19NO/c1-12(2)15-10-17(11-16(15)13(3)18)9-14-7-5-4-6-8-14/h4-8,10-12H,9H2,1-3H3. The number of hydrogen-bond acceptors (Lipinski definition) is 1. The van der Waals surface area contributed by atoms with E-state index in [4.69, 9.17) is 0 Å². The monoisotopic (exact) mass is 241 g/mol. The van der Waals surface area contributed by atoms with Crippen LogP contribution in [0.1, 0.15) is 48.2 Å². The fourth-order valence-corrected chi connectivity index (χ4v) is 2.17. The molecule has 0 aliphatic carbocycles. The van der Waals surface area contributed by atoms with Crippen LogP contribution in [0.5, 0.6) is 0 Å². The maximum atomic E-state index is 11.6. The molecule has 0 saturated carbocycles. The summed E-state index contributed by atoms with van der Waals surface area (Å²) in [7, 11) is 0. The number of Topliss-reactive ketones (excluding diaryl/α,β-unsaturated/α-hetero) is 1. The zero-order valence-electron chi connectivity index (χ0n) is 11.2. The van der Waals surface area contributed by atoms with Crippen molar-refractivity contribution in [3.63, 3.8) is 0 Å². The lowest BCUT2D eigenvalue weighted by molar-refractivity contribution is 0.101. The summed E-state index contributed by atoms with van der Waals surface area (Å²) in [6, 6.07) is 10.3. The summed E-state index contributed by atoms with van der Waals surface area (Å²) in [5.74, 6) is 0.520. The molecule has 0 N–H and O–H groups in total. The first kappa shape index (κ1) is 12.6. The number of benzene rings is 1. The van der Waals surface area contributed by atoms with Crippen molar-refractivity contribution < 1.29 is 4.79 Å². The van der Waals surface area contributed by atoms with Gasteiger partial charge in [-0.2, -0.15) is 0 Å². The lowest BCUT2D eigenvalue weighted by atomic mass is 10.0. The minimum atomic E-state index is 0.144. The molecule has 0 saturated heterocycles. The molecule has 0 unspecified atom stereocenters. The first-order valence-corrected chi connectivity index (χ1v) is 6.32. The van der Waals surface area contributed by atoms with Crippen LogP contribution in [0.25, 0.3) is 0 Å². The second kappa shape index (κ2) is 5.21. The normalized spacial score (nSPS) is 10.9. The highest BCUT2D eigenvalue weighted by molar-refractivity contribution is 5.95. The average Bonchev–Trinajstić information content (AvgIpc) is 2.74. The molecule has 2 nitrogen and oxygen atoms in total. The molecule has 94 valence electrons. The van der Waals surface area contributed by atoms with Crippen molar-refractivity contribution >= 4 is 5.78 Å². The Labute approximate surface area is 108 Å². The van der Waals surface area contributed by atoms with Crippen LogP contribution in [0.15, 0.2) is 42.7 Å². The Hall–Kier alpha value is -1.83. The van der Waals surface area contributed by atoms with Gasteiger partial charge in [-0.3, -0.25) is 4.79 Å². The molecule has 0 radical (unpaired) electrons. The molecule has 0 atom stereocenters. The van der Waals surface area contributed by atoms with Crippen LogP contribution in [0, 0.1) is 0 Å². The zero-order chi connectivity index (χ0) is 13.1. The third-order valence-corrected chi connectivity index (χ3v) is 3.12. The fourth-order valence-electron chi connectivity index (χ4n) is 2.17. The van der Waals surface area contributed by atoms with Crippen molar-refractivity contribution in [3.05, 3.63) is 59.4 Å². The second-order valence-corrected chi connectivity index (χ2v) is 5.00. The van der Waals surface area contributed by atoms with Gasteiger partial charge in [0.2, 0.25) is 0 Å². The Morgan fingerprint density at radius 2 is 1.83 bits per heavy atom. The van der Waals surface area contributed by atoms with Gasteiger partial charge < -0.3 is 4.57 Å². The Bertz CT molecular complexity index is 537. The van der Waals surface area contributed by atoms with Gasteiger partial charge in [0, 0.05) is 24.5 Å². The van der Waals surface area contributed by atoms with Crippen LogP contribution in [0.2, 0.25) is 0 Å². The quantitative estimate of drug-likeness (QED) is 0.745. The molecule has 1 aromatic carbocycles. The maximum absolute atomic E-state index is 11.6. The summed E-state index contributed by atoms with van der Waals surface area (Å²) in [6.07, 6.45) is 4.05. The summed E-state index contributed by atoms with van der Waals surface area (Å²) >= 11 is 0. The molecule has 0 aliphatic rings. The van der Waals surface area contributed by atoms with Crippen LogP contribution >= 0.6 is 0 Å². The molecule has 1 heterocycles. The van der Waals surface area contributed by atoms with Crippen molar-refractivity contribution in [2.45, 2.75) is 33.2 Å². The number of carbonyl (C=O) groups is 1. The Morgan fingerprint density at radius 1 is 1.17 bits per heavy atom. The largest absolute Gasteiger partial charge is 0.349 e. The molecule has 0 amide bonds. The molecular weight excluding hydrogens is 222 g/mol. The zero-order valence-corrected chi connectivity index (χ0v) is 11.2. The molecule has 2 rings (SSSR count). The lowest BCUT2D eigenvalue weighted by Crippen LogP contribution is -1.97. The number of ketones is 1. The van der Waals surface area contributed by atoms with Crippen molar-refractivity contribution in [2.24, 2.45) is 0 Å². The topological polar surface area (TPSA) is 22.0 Å². The van der Waals surface area contributed by atoms with Gasteiger partial charge in [-0.1, -0.05) is 44.2 Å². The van der Waals surface area contributed by atoms with E-state index in [0.717, 1.165) is 17.7 Å². The molecule has 1 aromatic heterocycles. The maximum Gasteiger partial charge on any atom is 0.161 e. The summed E-state index contributed by atoms with van der Waals surface area (Å²) < 4.78 is 2.10. The number of nitrogens with zero attached hydrogens (tertiary/aromatic N) is 1. The predicted molar refractivity (Wildman–Crippen MR) is 74.1 cm³/mol. The van der Waals surface area contributed by atoms with Gasteiger partial charge in [0.15, 0.2) is 5.78 Å². The lowest BCUT2D eigenvalue weighted by Gasteiger charge is -2.04. The van der Waals surface area contributed by atoms with E-state index in [1.807, 2.05) is 24.4 Å². The van der Waals surface area contributed by atoms with Gasteiger partial charge in [-0.05, 0) is 24.0 Å². The van der Waals surface area contributed by atoms with Crippen molar-refractivity contribution in [3.8, 4) is 0 Å². The van der Waals surface area contributed by atoms with Gasteiger partial charge in [0.1, 0.15) is 0 Å². The van der Waals surface area contributed by atoms with E-state index in [9.17, 15) is 4.79 Å². The fraction of sp³-hybridized carbons (Fsp3) is 0.312. The van der Waals surface area contributed by atoms with Crippen LogP contribution in [-0.4, -0.2) is 10.4 Å². The number of carbonyl (C=O) groups excluding carboxylic acids is 1. The minimum Gasteiger partial charge on any atom is -0.349 e. The van der Waals surface area contributed by atoms with Gasteiger partial charge in [0.05, 0.1) is 0 Å². The third kappa shape index (κ3) is 2.70. The van der Waals surface area contributed by atoms with E-state index in [1.54, 1.807) is 6.92 Å². The molecular formula is C16H19NO. The molecule has 0 spiro atoms. The Kier molecular flexibility index (Phi) is 3.66. The summed E-state index contributed by atoms with van der Waals surface area (Å²) in [4.78, 5) is 11.6. The summed E-state index contributed by atoms with van der Waals surface area (Å²) in [5.41, 5.74) is 3.23. The minimum absolute atomic E-state index is 0.144. The van der Waals surface area contributed by atoms with Crippen LogP contribution < -0.4 is 0 Å². The average molecular weight is 241 g/mol. The molecule has 0 bridgehead atoms. The van der Waals surface area contributed by atoms with E-state index in [-0.39, 0.29) is 5.78 Å². The van der Waals surface area contributed by atoms with Gasteiger partial charge in [-0.25, -0.2) is 0 Å². The number of hydrogen-bond donors (Lipinski definition) is 0. The van der Waals surface area contributed by atoms with Gasteiger partial charge >= 0.3 is 0 Å². The first-order valence-electron chi connectivity index (χ1n) is 6.32. The van der Waals surface area contributed by atoms with Gasteiger partial charge in [0.25, 0.3) is 0 Å². The number of aromatic nitrogens is 1. The van der Waals surface area contributed by atoms with E-state index < -0.39 is 0 Å². The van der Waals surface area contributed by atoms with E-state index in [2.05, 4.69) is 36.7 Å². The highest BCUT2D eigenvalue weighted by atomic mass is 16.1. The summed E-state index contributed by atoms with van der Waals surface area (Å²) in [6.45, 7) is 6.69. The summed E-state index contributed by atoms with van der Waals surface area (Å²) in [5, 5.41) is 0. The number of rotatable bonds is 4. The van der Waals surface area contributed by atoms with Crippen molar-refractivity contribution in [1.82, 2.24) is 4.57 Å². The highest BCUT2D eigenvalue weighted by Crippen LogP contribution is 2.21. The van der Waals surface area contributed by atoms with E-state index >= 15 is 0 Å². The predicted octanol–water partition coefficient (Wildman–Crippen LogP) is 3.86. The first-order chi connectivity index (χ1) is 8.58. The van der Waals surface area contributed by atoms with E-state index in [1.165, 1.54) is 5.56 Å². The van der Waals surface area contributed by atoms with Crippen LogP contribution in [0.3, 0.4) is 0 Å². The van der Waals surface area contributed by atoms with Crippen LogP contribution in [-0.2, 0) is 6.54 Å². The Balaban J connectivity index is 2.30. The Morgan fingerprint density at radius 3 is 2.33 bits per heavy atom. The molecule has 2 heteroatoms. The SMILES string of the molecule is CC(=O)c1cn(Cc2ccccc2)cc1C(C)C. The van der Waals surface area contributed by atoms with Gasteiger partial charge in [-0.15, -0.1) is 0 Å². The van der Waals surface area contributed by atoms with Crippen molar-refractivity contribution in [2.75, 3.05) is 0 Å². The highest BCUT2D eigenvalue weighted by Gasteiger charge is 2.13. The van der Waals surface area contributed by atoms with E-state index in [0.29, 0.717) is 5.92 Å². The molecule has 2 aromatic rings. The third-order valence-electron chi connectivity index (χ3n) is 3.12. The molecule has 0 aliphatic heterocycles. The smallest absolute Gasteiger partial charge is 0.161 e. The molecule has 18 heavy (non-hydrogen) atoms. The second-order valence-electron chi connectivity index (χ2n) is 5.00. The van der Waals surface area contributed by atoms with Crippen molar-refractivity contribution in [1.29, 1.82) is 0 Å². The van der Waals surface area contributed by atoms with Crippen LogP contribution in [0.4, 0.5) is 0 Å².